The summed E-state index contributed by atoms with van der Waals surface area (Å²) in [7, 11) is 0. The summed E-state index contributed by atoms with van der Waals surface area (Å²) < 4.78 is 0. The van der Waals surface area contributed by atoms with E-state index in [2.05, 4.69) is 11.9 Å². The van der Waals surface area contributed by atoms with Gasteiger partial charge in [0.05, 0.1) is 0 Å². The standard InChI is InChI=1S/C5H9N/c1-3-5-6-4-2/h3-6H,2H2,1H3/b5-3-. The highest BCUT2D eigenvalue weighted by Crippen LogP contribution is 1.58. The van der Waals surface area contributed by atoms with E-state index in [1.165, 1.54) is 0 Å². The fourth-order valence-electron chi connectivity index (χ4n) is 0.164. The Bertz CT molecular complexity index is 55.0. The number of nitrogens with one attached hydrogen (secondary N) is 1. The zero-order chi connectivity index (χ0) is 4.83. The molecule has 0 aliphatic carbocycles. The maximum absolute atomic E-state index is 3.44. The molecule has 34 valence electrons. The average Bonchev–Trinajstić information content (AvgIpc) is 1.61. The molecular formula is C5H9N. The van der Waals surface area contributed by atoms with Gasteiger partial charge in [-0.1, -0.05) is 12.7 Å². The number of hydrogen-bond acceptors (Lipinski definition) is 1. The van der Waals surface area contributed by atoms with Gasteiger partial charge in [-0.15, -0.1) is 0 Å². The van der Waals surface area contributed by atoms with E-state index >= 15 is 0 Å². The van der Waals surface area contributed by atoms with Crippen molar-refractivity contribution in [2.24, 2.45) is 0 Å². The van der Waals surface area contributed by atoms with Gasteiger partial charge in [-0.05, 0) is 19.3 Å². The lowest BCUT2D eigenvalue weighted by molar-refractivity contribution is 1.20. The molecule has 0 bridgehead atoms. The van der Waals surface area contributed by atoms with Gasteiger partial charge in [0, 0.05) is 0 Å². The smallest absolute Gasteiger partial charge is 0.00387 e. The number of hydrogen-bond donors (Lipinski definition) is 1. The van der Waals surface area contributed by atoms with Gasteiger partial charge in [0.25, 0.3) is 0 Å². The van der Waals surface area contributed by atoms with Crippen LogP contribution in [0.2, 0.25) is 0 Å². The molecule has 0 aromatic rings. The van der Waals surface area contributed by atoms with Crippen LogP contribution < -0.4 is 5.32 Å². The van der Waals surface area contributed by atoms with Gasteiger partial charge >= 0.3 is 0 Å². The van der Waals surface area contributed by atoms with Crippen LogP contribution in [0.5, 0.6) is 0 Å². The quantitative estimate of drug-likeness (QED) is 0.529. The van der Waals surface area contributed by atoms with Crippen molar-refractivity contribution in [2.75, 3.05) is 0 Å². The van der Waals surface area contributed by atoms with Crippen LogP contribution in [0.1, 0.15) is 6.92 Å². The second-order valence-electron chi connectivity index (χ2n) is 0.871. The van der Waals surface area contributed by atoms with Crippen LogP contribution in [0.25, 0.3) is 0 Å². The summed E-state index contributed by atoms with van der Waals surface area (Å²) in [5, 5.41) is 2.78. The lowest BCUT2D eigenvalue weighted by Crippen LogP contribution is -1.86. The maximum Gasteiger partial charge on any atom is -0.00387 e. The summed E-state index contributed by atoms with van der Waals surface area (Å²) in [6.45, 7) is 5.38. The van der Waals surface area contributed by atoms with Gasteiger partial charge in [0.2, 0.25) is 0 Å². The monoisotopic (exact) mass is 83.1 g/mol. The summed E-state index contributed by atoms with van der Waals surface area (Å²) >= 11 is 0. The van der Waals surface area contributed by atoms with Crippen molar-refractivity contribution < 1.29 is 0 Å². The topological polar surface area (TPSA) is 12.0 Å². The molecule has 6 heavy (non-hydrogen) atoms. The molecule has 0 radical (unpaired) electrons. The van der Waals surface area contributed by atoms with Crippen molar-refractivity contribution in [1.82, 2.24) is 5.32 Å². The molecule has 1 N–H and O–H groups in total. The molecule has 0 saturated carbocycles. The fourth-order valence-corrected chi connectivity index (χ4v) is 0.164. The van der Waals surface area contributed by atoms with Gasteiger partial charge in [-0.25, -0.2) is 0 Å². The second-order valence-corrected chi connectivity index (χ2v) is 0.871. The van der Waals surface area contributed by atoms with Gasteiger partial charge in [-0.2, -0.15) is 0 Å². The third kappa shape index (κ3) is 3.28. The molecule has 0 rings (SSSR count). The first-order chi connectivity index (χ1) is 2.91. The van der Waals surface area contributed by atoms with Gasteiger partial charge < -0.3 is 5.32 Å². The van der Waals surface area contributed by atoms with Crippen LogP contribution >= 0.6 is 0 Å². The van der Waals surface area contributed by atoms with Crippen molar-refractivity contribution in [1.29, 1.82) is 0 Å². The highest BCUT2D eigenvalue weighted by atomic mass is 14.8. The van der Waals surface area contributed by atoms with Crippen molar-refractivity contribution in [3.05, 3.63) is 25.1 Å². The van der Waals surface area contributed by atoms with E-state index in [4.69, 9.17) is 0 Å². The molecular weight excluding hydrogens is 74.1 g/mol. The summed E-state index contributed by atoms with van der Waals surface area (Å²) in [4.78, 5) is 0. The summed E-state index contributed by atoms with van der Waals surface area (Å²) in [5.74, 6) is 0. The minimum atomic E-state index is 1.62. The molecule has 1 nitrogen and oxygen atoms in total. The molecule has 0 aromatic carbocycles. The Labute approximate surface area is 38.4 Å². The molecule has 1 heteroatoms. The van der Waals surface area contributed by atoms with Gasteiger partial charge in [0.1, 0.15) is 0 Å². The van der Waals surface area contributed by atoms with Crippen molar-refractivity contribution in [3.63, 3.8) is 0 Å². The van der Waals surface area contributed by atoms with Crippen LogP contribution in [0.15, 0.2) is 25.1 Å². The predicted octanol–water partition coefficient (Wildman–Crippen LogP) is 1.25. The van der Waals surface area contributed by atoms with Crippen LogP contribution in [0, 0.1) is 0 Å². The van der Waals surface area contributed by atoms with Crippen LogP contribution in [-0.4, -0.2) is 0 Å². The Kier molecular flexibility index (Phi) is 3.77. The van der Waals surface area contributed by atoms with Crippen molar-refractivity contribution in [3.8, 4) is 0 Å². The zero-order valence-corrected chi connectivity index (χ0v) is 3.94. The zero-order valence-electron chi connectivity index (χ0n) is 3.94. The van der Waals surface area contributed by atoms with E-state index in [1.54, 1.807) is 6.20 Å². The Morgan fingerprint density at radius 2 is 2.33 bits per heavy atom. The second kappa shape index (κ2) is 4.28. The first kappa shape index (κ1) is 5.28. The largest absolute Gasteiger partial charge is 0.369 e. The van der Waals surface area contributed by atoms with E-state index in [1.807, 2.05) is 19.2 Å². The van der Waals surface area contributed by atoms with E-state index in [0.717, 1.165) is 0 Å². The molecule has 0 aliphatic heterocycles. The van der Waals surface area contributed by atoms with E-state index in [-0.39, 0.29) is 0 Å². The molecule has 0 aromatic heterocycles. The first-order valence-electron chi connectivity index (χ1n) is 1.90. The summed E-state index contributed by atoms with van der Waals surface area (Å²) in [6.07, 6.45) is 5.34. The highest BCUT2D eigenvalue weighted by molar-refractivity contribution is 4.79. The molecule has 0 saturated heterocycles. The van der Waals surface area contributed by atoms with E-state index in [0.29, 0.717) is 0 Å². The molecule has 0 aliphatic rings. The van der Waals surface area contributed by atoms with Gasteiger partial charge in [0.15, 0.2) is 0 Å². The summed E-state index contributed by atoms with van der Waals surface area (Å²) in [5.41, 5.74) is 0. The number of rotatable bonds is 2. The molecule has 0 atom stereocenters. The third-order valence-corrected chi connectivity index (χ3v) is 0.381. The maximum atomic E-state index is 3.44. The molecule has 0 spiro atoms. The third-order valence-electron chi connectivity index (χ3n) is 0.381. The lowest BCUT2D eigenvalue weighted by atomic mass is 10.7. The molecule has 0 heterocycles. The van der Waals surface area contributed by atoms with Crippen molar-refractivity contribution >= 4 is 0 Å². The lowest BCUT2D eigenvalue weighted by Gasteiger charge is -1.79. The minimum absolute atomic E-state index is 1.62. The summed E-state index contributed by atoms with van der Waals surface area (Å²) in [6, 6.07) is 0. The average molecular weight is 83.1 g/mol. The Hall–Kier alpha value is -0.720. The molecule has 0 unspecified atom stereocenters. The SMILES string of the molecule is C=CN/C=C\C. The first-order valence-corrected chi connectivity index (χ1v) is 1.90. The minimum Gasteiger partial charge on any atom is -0.369 e. The highest BCUT2D eigenvalue weighted by Gasteiger charge is 1.51. The molecule has 0 fully saturated rings. The Morgan fingerprint density at radius 3 is 2.50 bits per heavy atom. The van der Waals surface area contributed by atoms with Crippen molar-refractivity contribution in [2.45, 2.75) is 6.92 Å². The van der Waals surface area contributed by atoms with Crippen LogP contribution in [-0.2, 0) is 0 Å². The predicted molar refractivity (Wildman–Crippen MR) is 28.1 cm³/mol. The number of allylic oxidation sites excluding steroid dienone is 1. The van der Waals surface area contributed by atoms with Crippen LogP contribution in [0.4, 0.5) is 0 Å². The van der Waals surface area contributed by atoms with Crippen LogP contribution in [0.3, 0.4) is 0 Å². The van der Waals surface area contributed by atoms with E-state index < -0.39 is 0 Å². The molecule has 0 amide bonds. The Balaban J connectivity index is 2.85. The van der Waals surface area contributed by atoms with Gasteiger partial charge in [-0.3, -0.25) is 0 Å². The fraction of sp³-hybridized carbons (Fsp3) is 0.200. The van der Waals surface area contributed by atoms with E-state index in [9.17, 15) is 0 Å². The normalized spacial score (nSPS) is 8.83. The Morgan fingerprint density at radius 1 is 1.67 bits per heavy atom.